The van der Waals surface area contributed by atoms with Crippen molar-refractivity contribution in [3.63, 3.8) is 0 Å². The fraction of sp³-hybridized carbons (Fsp3) is 0.429. The number of hydrogen-bond donors (Lipinski definition) is 0. The summed E-state index contributed by atoms with van der Waals surface area (Å²) in [5.74, 6) is -0.738. The lowest BCUT2D eigenvalue weighted by Gasteiger charge is -2.26. The molecule has 2 rings (SSSR count). The maximum Gasteiger partial charge on any atom is 0.573 e. The van der Waals surface area contributed by atoms with E-state index in [0.717, 1.165) is 42.2 Å². The molecule has 0 heterocycles. The molecule has 0 saturated carbocycles. The van der Waals surface area contributed by atoms with E-state index < -0.39 is 17.9 Å². The topological polar surface area (TPSA) is 9.23 Å². The monoisotopic (exact) mass is 402 g/mol. The van der Waals surface area contributed by atoms with E-state index in [1.807, 2.05) is 6.07 Å². The normalized spacial score (nSPS) is 12.3. The molecular formula is C21H23ClF4O. The zero-order chi connectivity index (χ0) is 20.2. The van der Waals surface area contributed by atoms with E-state index in [0.29, 0.717) is 17.9 Å². The highest BCUT2D eigenvalue weighted by Gasteiger charge is 2.31. The molecule has 0 atom stereocenters. The minimum absolute atomic E-state index is 0.0367. The predicted molar refractivity (Wildman–Crippen MR) is 100 cm³/mol. The van der Waals surface area contributed by atoms with E-state index in [9.17, 15) is 17.6 Å². The number of ether oxygens (including phenoxy) is 1. The van der Waals surface area contributed by atoms with Gasteiger partial charge in [-0.3, -0.25) is 0 Å². The Labute approximate surface area is 162 Å². The molecule has 2 aromatic carbocycles. The molecule has 0 saturated heterocycles. The summed E-state index contributed by atoms with van der Waals surface area (Å²) in [5, 5.41) is 0. The van der Waals surface area contributed by atoms with Gasteiger partial charge < -0.3 is 4.74 Å². The smallest absolute Gasteiger partial charge is 0.406 e. The van der Waals surface area contributed by atoms with Gasteiger partial charge >= 0.3 is 6.36 Å². The molecule has 0 bridgehead atoms. The van der Waals surface area contributed by atoms with Gasteiger partial charge in [0.1, 0.15) is 11.6 Å². The van der Waals surface area contributed by atoms with E-state index in [-0.39, 0.29) is 11.0 Å². The molecule has 148 valence electrons. The van der Waals surface area contributed by atoms with Crippen LogP contribution in [0.25, 0.3) is 11.1 Å². The fourth-order valence-corrected chi connectivity index (χ4v) is 3.49. The van der Waals surface area contributed by atoms with Crippen LogP contribution < -0.4 is 4.74 Å². The van der Waals surface area contributed by atoms with Crippen molar-refractivity contribution in [2.75, 3.05) is 0 Å². The van der Waals surface area contributed by atoms with Crippen molar-refractivity contribution in [3.05, 3.63) is 53.3 Å². The molecule has 0 aliphatic carbocycles. The fourth-order valence-electron chi connectivity index (χ4n) is 3.33. The molecule has 0 aromatic heterocycles. The molecule has 0 fully saturated rings. The second-order valence-electron chi connectivity index (χ2n) is 7.41. The highest BCUT2D eigenvalue weighted by atomic mass is 35.5. The first-order valence-electron chi connectivity index (χ1n) is 8.78. The van der Waals surface area contributed by atoms with Gasteiger partial charge in [-0.15, -0.1) is 24.8 Å². The van der Waals surface area contributed by atoms with E-state index in [1.54, 1.807) is 12.1 Å². The molecule has 0 spiro atoms. The van der Waals surface area contributed by atoms with Gasteiger partial charge in [0.05, 0.1) is 0 Å². The summed E-state index contributed by atoms with van der Waals surface area (Å²) in [7, 11) is 0. The summed E-state index contributed by atoms with van der Waals surface area (Å²) < 4.78 is 56.0. The molecule has 0 radical (unpaired) electrons. The number of benzene rings is 2. The van der Waals surface area contributed by atoms with E-state index in [2.05, 4.69) is 25.5 Å². The van der Waals surface area contributed by atoms with Gasteiger partial charge in [-0.2, -0.15) is 0 Å². The maximum absolute atomic E-state index is 14.5. The molecule has 2 aromatic rings. The molecule has 0 aliphatic rings. The second kappa shape index (κ2) is 8.51. The third-order valence-corrected chi connectivity index (χ3v) is 4.69. The molecule has 6 heteroatoms. The average Bonchev–Trinajstić information content (AvgIpc) is 2.55. The molecule has 0 unspecified atom stereocenters. The van der Waals surface area contributed by atoms with Crippen molar-refractivity contribution >= 4 is 11.6 Å². The van der Waals surface area contributed by atoms with Crippen LogP contribution in [0.15, 0.2) is 36.4 Å². The van der Waals surface area contributed by atoms with Gasteiger partial charge in [-0.1, -0.05) is 45.4 Å². The third kappa shape index (κ3) is 6.13. The Bertz CT molecular complexity index is 784. The van der Waals surface area contributed by atoms with Gasteiger partial charge in [-0.25, -0.2) is 4.39 Å². The molecule has 0 N–H and O–H groups in total. The van der Waals surface area contributed by atoms with Crippen molar-refractivity contribution in [1.82, 2.24) is 0 Å². The first-order chi connectivity index (χ1) is 12.5. The average molecular weight is 403 g/mol. The molecule has 1 nitrogen and oxygen atoms in total. The number of alkyl halides is 4. The van der Waals surface area contributed by atoms with Crippen LogP contribution in [0.4, 0.5) is 17.6 Å². The van der Waals surface area contributed by atoms with E-state index in [4.69, 9.17) is 11.6 Å². The summed E-state index contributed by atoms with van der Waals surface area (Å²) in [4.78, 5) is 0. The SMILES string of the molecule is CCCC(C)(C)Cc1cc(CCl)ccc1-c1cc(OC(F)(F)F)ccc1F. The lowest BCUT2D eigenvalue weighted by Crippen LogP contribution is -2.17. The van der Waals surface area contributed by atoms with Crippen molar-refractivity contribution in [2.24, 2.45) is 5.41 Å². The largest absolute Gasteiger partial charge is 0.573 e. The summed E-state index contributed by atoms with van der Waals surface area (Å²) in [5.41, 5.74) is 2.34. The summed E-state index contributed by atoms with van der Waals surface area (Å²) in [6.07, 6.45) is -2.20. The second-order valence-corrected chi connectivity index (χ2v) is 7.67. The number of halogens is 5. The Kier molecular flexibility index (Phi) is 6.79. The van der Waals surface area contributed by atoms with Crippen molar-refractivity contribution in [3.8, 4) is 16.9 Å². The van der Waals surface area contributed by atoms with Crippen LogP contribution in [-0.4, -0.2) is 6.36 Å². The Morgan fingerprint density at radius 2 is 1.70 bits per heavy atom. The van der Waals surface area contributed by atoms with Crippen molar-refractivity contribution in [1.29, 1.82) is 0 Å². The van der Waals surface area contributed by atoms with Crippen LogP contribution in [0, 0.1) is 11.2 Å². The lowest BCUT2D eigenvalue weighted by atomic mass is 9.79. The molecule has 0 aliphatic heterocycles. The number of rotatable bonds is 7. The number of hydrogen-bond acceptors (Lipinski definition) is 1. The standard InChI is InChI=1S/C21H23ClF4O/c1-4-9-20(2,3)12-15-10-14(13-22)5-7-17(15)18-11-16(6-8-19(18)23)27-21(24,25)26/h5-8,10-11H,4,9,12-13H2,1-3H3. The van der Waals surface area contributed by atoms with Gasteiger partial charge in [0.15, 0.2) is 0 Å². The summed E-state index contributed by atoms with van der Waals surface area (Å²) in [6, 6.07) is 8.43. The van der Waals surface area contributed by atoms with E-state index >= 15 is 0 Å². The van der Waals surface area contributed by atoms with Crippen LogP contribution in [0.1, 0.15) is 44.7 Å². The van der Waals surface area contributed by atoms with Crippen molar-refractivity contribution < 1.29 is 22.3 Å². The Morgan fingerprint density at radius 3 is 2.30 bits per heavy atom. The summed E-state index contributed by atoms with van der Waals surface area (Å²) in [6.45, 7) is 6.33. The van der Waals surface area contributed by atoms with Crippen LogP contribution in [0.5, 0.6) is 5.75 Å². The first-order valence-corrected chi connectivity index (χ1v) is 9.31. The van der Waals surface area contributed by atoms with Gasteiger partial charge in [0.25, 0.3) is 0 Å². The zero-order valence-electron chi connectivity index (χ0n) is 15.6. The minimum atomic E-state index is -4.83. The highest BCUT2D eigenvalue weighted by Crippen LogP contribution is 2.36. The first kappa shape index (κ1) is 21.5. The van der Waals surface area contributed by atoms with Gasteiger partial charge in [-0.05, 0) is 53.1 Å². The Balaban J connectivity index is 2.52. The maximum atomic E-state index is 14.5. The zero-order valence-corrected chi connectivity index (χ0v) is 16.3. The third-order valence-electron chi connectivity index (χ3n) is 4.38. The quantitative estimate of drug-likeness (QED) is 0.344. The van der Waals surface area contributed by atoms with E-state index in [1.165, 1.54) is 0 Å². The van der Waals surface area contributed by atoms with Crippen LogP contribution >= 0.6 is 11.6 Å². The molecular weight excluding hydrogens is 380 g/mol. The highest BCUT2D eigenvalue weighted by molar-refractivity contribution is 6.17. The molecule has 0 amide bonds. The van der Waals surface area contributed by atoms with Gasteiger partial charge in [0, 0.05) is 11.4 Å². The molecule has 27 heavy (non-hydrogen) atoms. The van der Waals surface area contributed by atoms with Crippen LogP contribution in [0.3, 0.4) is 0 Å². The van der Waals surface area contributed by atoms with Crippen LogP contribution in [0.2, 0.25) is 0 Å². The van der Waals surface area contributed by atoms with Gasteiger partial charge in [0.2, 0.25) is 0 Å². The predicted octanol–water partition coefficient (Wildman–Crippen LogP) is 7.50. The van der Waals surface area contributed by atoms with Crippen molar-refractivity contribution in [2.45, 2.75) is 52.3 Å². The minimum Gasteiger partial charge on any atom is -0.406 e. The van der Waals surface area contributed by atoms with Crippen LogP contribution in [-0.2, 0) is 12.3 Å². The summed E-state index contributed by atoms with van der Waals surface area (Å²) >= 11 is 5.94. The Hall–Kier alpha value is -1.75. The lowest BCUT2D eigenvalue weighted by molar-refractivity contribution is -0.274. The Morgan fingerprint density at radius 1 is 1.00 bits per heavy atom.